The van der Waals surface area contributed by atoms with E-state index in [4.69, 9.17) is 4.74 Å². The number of amides is 1. The number of unbranched alkanes of at least 4 members (excludes halogenated alkanes) is 35. The molecule has 3 N–H and O–H groups in total. The first-order chi connectivity index (χ1) is 29.5. The number of carbonyl (C=O) groups is 2. The van der Waals surface area contributed by atoms with Gasteiger partial charge in [0, 0.05) is 6.42 Å². The zero-order chi connectivity index (χ0) is 43.8. The van der Waals surface area contributed by atoms with Crippen LogP contribution in [0.1, 0.15) is 297 Å². The fourth-order valence-corrected chi connectivity index (χ4v) is 8.49. The molecule has 0 aromatic rings. The van der Waals surface area contributed by atoms with E-state index in [2.05, 4.69) is 38.2 Å². The van der Waals surface area contributed by atoms with E-state index in [9.17, 15) is 19.8 Å². The van der Waals surface area contributed by atoms with E-state index in [0.29, 0.717) is 19.3 Å². The lowest BCUT2D eigenvalue weighted by Gasteiger charge is -2.24. The summed E-state index contributed by atoms with van der Waals surface area (Å²) in [4.78, 5) is 26.1. The summed E-state index contributed by atoms with van der Waals surface area (Å²) < 4.78 is 5.91. The summed E-state index contributed by atoms with van der Waals surface area (Å²) in [5.74, 6) is -0.470. The van der Waals surface area contributed by atoms with Crippen LogP contribution in [-0.4, -0.2) is 46.9 Å². The lowest BCUT2D eigenvalue weighted by Crippen LogP contribution is -2.46. The average Bonchev–Trinajstić information content (AvgIpc) is 3.24. The van der Waals surface area contributed by atoms with E-state index >= 15 is 0 Å². The van der Waals surface area contributed by atoms with Crippen molar-refractivity contribution in [2.45, 2.75) is 315 Å². The van der Waals surface area contributed by atoms with Crippen LogP contribution in [0, 0.1) is 0 Å². The molecule has 6 heteroatoms. The maximum Gasteiger partial charge on any atom is 0.306 e. The molecule has 0 radical (unpaired) electrons. The molecule has 0 aliphatic carbocycles. The van der Waals surface area contributed by atoms with Gasteiger partial charge in [0.2, 0.25) is 5.91 Å². The maximum atomic E-state index is 13.2. The molecule has 0 aliphatic heterocycles. The molecule has 0 heterocycles. The standard InChI is InChI=1S/C54H105NO5/c1-4-7-10-13-16-19-21-23-25-27-28-30-32-34-37-40-43-46-52(57)51(49-56)55-53(58)48-50(45-42-39-36-18-15-12-9-6-3)60-54(59)47-44-41-38-35-33-31-29-26-24-22-20-17-14-11-8-5-2/h26,29,50-52,56-57H,4-25,27-28,30-49H2,1-3H3,(H,55,58)/b29-26+. The van der Waals surface area contributed by atoms with Crippen LogP contribution >= 0.6 is 0 Å². The van der Waals surface area contributed by atoms with Gasteiger partial charge in [-0.25, -0.2) is 0 Å². The number of aliphatic hydroxyl groups is 2. The number of hydrogen-bond donors (Lipinski definition) is 3. The third-order valence-electron chi connectivity index (χ3n) is 12.6. The van der Waals surface area contributed by atoms with Crippen molar-refractivity contribution in [1.82, 2.24) is 5.32 Å². The van der Waals surface area contributed by atoms with Crippen LogP contribution in [0.3, 0.4) is 0 Å². The van der Waals surface area contributed by atoms with Crippen molar-refractivity contribution < 1.29 is 24.5 Å². The van der Waals surface area contributed by atoms with Crippen molar-refractivity contribution in [1.29, 1.82) is 0 Å². The summed E-state index contributed by atoms with van der Waals surface area (Å²) in [7, 11) is 0. The average molecular weight is 848 g/mol. The van der Waals surface area contributed by atoms with Crippen LogP contribution < -0.4 is 5.32 Å². The highest BCUT2D eigenvalue weighted by Crippen LogP contribution is 2.18. The lowest BCUT2D eigenvalue weighted by atomic mass is 10.0. The molecule has 356 valence electrons. The number of hydrogen-bond acceptors (Lipinski definition) is 5. The van der Waals surface area contributed by atoms with E-state index in [1.807, 2.05) is 0 Å². The molecule has 0 aromatic heterocycles. The van der Waals surface area contributed by atoms with Gasteiger partial charge < -0.3 is 20.3 Å². The topological polar surface area (TPSA) is 95.9 Å². The third kappa shape index (κ3) is 43.3. The van der Waals surface area contributed by atoms with Crippen LogP contribution in [0.2, 0.25) is 0 Å². The minimum Gasteiger partial charge on any atom is -0.462 e. The van der Waals surface area contributed by atoms with E-state index in [1.165, 1.54) is 199 Å². The Bertz CT molecular complexity index is 909. The van der Waals surface area contributed by atoms with E-state index in [1.54, 1.807) is 0 Å². The van der Waals surface area contributed by atoms with Crippen LogP contribution in [-0.2, 0) is 14.3 Å². The number of carbonyl (C=O) groups excluding carboxylic acids is 2. The molecule has 0 aromatic carbocycles. The summed E-state index contributed by atoms with van der Waals surface area (Å²) in [6, 6.07) is -0.696. The van der Waals surface area contributed by atoms with Crippen molar-refractivity contribution in [3.63, 3.8) is 0 Å². The molecular formula is C54H105NO5. The molecule has 60 heavy (non-hydrogen) atoms. The Kier molecular flexibility index (Phi) is 47.5. The summed E-state index contributed by atoms with van der Waals surface area (Å²) in [5, 5.41) is 23.8. The van der Waals surface area contributed by atoms with E-state index < -0.39 is 18.2 Å². The first-order valence-electron chi connectivity index (χ1n) is 26.9. The molecular weight excluding hydrogens is 743 g/mol. The molecule has 1 amide bonds. The number of esters is 1. The summed E-state index contributed by atoms with van der Waals surface area (Å²) in [5.41, 5.74) is 0. The Morgan fingerprint density at radius 3 is 1.18 bits per heavy atom. The quantitative estimate of drug-likeness (QED) is 0.0322. The Labute approximate surface area is 374 Å². The fourth-order valence-electron chi connectivity index (χ4n) is 8.49. The first kappa shape index (κ1) is 58.6. The van der Waals surface area contributed by atoms with Gasteiger partial charge in [-0.1, -0.05) is 245 Å². The lowest BCUT2D eigenvalue weighted by molar-refractivity contribution is -0.151. The molecule has 0 aliphatic rings. The van der Waals surface area contributed by atoms with Gasteiger partial charge in [0.05, 0.1) is 25.2 Å². The predicted octanol–water partition coefficient (Wildman–Crippen LogP) is 16.1. The zero-order valence-corrected chi connectivity index (χ0v) is 40.6. The predicted molar refractivity (Wildman–Crippen MR) is 260 cm³/mol. The second kappa shape index (κ2) is 48.6. The van der Waals surface area contributed by atoms with Gasteiger partial charge in [-0.2, -0.15) is 0 Å². The highest BCUT2D eigenvalue weighted by Gasteiger charge is 2.24. The van der Waals surface area contributed by atoms with Crippen molar-refractivity contribution in [2.24, 2.45) is 0 Å². The van der Waals surface area contributed by atoms with Gasteiger partial charge in [0.1, 0.15) is 6.10 Å². The smallest absolute Gasteiger partial charge is 0.306 e. The Hall–Kier alpha value is -1.40. The van der Waals surface area contributed by atoms with Crippen LogP contribution in [0.25, 0.3) is 0 Å². The number of ether oxygens (including phenoxy) is 1. The molecule has 0 bridgehead atoms. The van der Waals surface area contributed by atoms with Crippen molar-refractivity contribution in [3.05, 3.63) is 12.2 Å². The maximum absolute atomic E-state index is 13.2. The van der Waals surface area contributed by atoms with Crippen LogP contribution in [0.5, 0.6) is 0 Å². The summed E-state index contributed by atoms with van der Waals surface area (Å²) in [6.07, 6.45) is 54.3. The number of rotatable bonds is 49. The normalized spacial score (nSPS) is 13.2. The SMILES string of the molecule is CCCCCCCCC/C=C/CCCCCCCC(=O)OC(CCCCCCCCCC)CC(=O)NC(CO)C(O)CCCCCCCCCCCCCCCCCCC. The van der Waals surface area contributed by atoms with Gasteiger partial charge in [0.25, 0.3) is 0 Å². The zero-order valence-electron chi connectivity index (χ0n) is 40.6. The van der Waals surface area contributed by atoms with Crippen molar-refractivity contribution in [2.75, 3.05) is 6.61 Å². The third-order valence-corrected chi connectivity index (χ3v) is 12.6. The number of nitrogens with one attached hydrogen (secondary N) is 1. The van der Waals surface area contributed by atoms with Gasteiger partial charge >= 0.3 is 5.97 Å². The molecule has 0 saturated carbocycles. The molecule has 0 spiro atoms. The van der Waals surface area contributed by atoms with Crippen LogP contribution in [0.15, 0.2) is 12.2 Å². The molecule has 0 saturated heterocycles. The first-order valence-corrected chi connectivity index (χ1v) is 26.9. The molecule has 6 nitrogen and oxygen atoms in total. The molecule has 3 unspecified atom stereocenters. The van der Waals surface area contributed by atoms with Gasteiger partial charge in [-0.05, 0) is 51.4 Å². The Balaban J connectivity index is 4.34. The van der Waals surface area contributed by atoms with E-state index in [-0.39, 0.29) is 24.9 Å². The second-order valence-electron chi connectivity index (χ2n) is 18.6. The summed E-state index contributed by atoms with van der Waals surface area (Å²) >= 11 is 0. The van der Waals surface area contributed by atoms with E-state index in [0.717, 1.165) is 51.4 Å². The number of aliphatic hydroxyl groups excluding tert-OH is 2. The second-order valence-corrected chi connectivity index (χ2v) is 18.6. The minimum absolute atomic E-state index is 0.0804. The van der Waals surface area contributed by atoms with Crippen LogP contribution in [0.4, 0.5) is 0 Å². The Morgan fingerprint density at radius 2 is 0.800 bits per heavy atom. The Morgan fingerprint density at radius 1 is 0.467 bits per heavy atom. The number of allylic oxidation sites excluding steroid dienone is 2. The minimum atomic E-state index is -0.782. The highest BCUT2D eigenvalue weighted by atomic mass is 16.5. The largest absolute Gasteiger partial charge is 0.462 e. The monoisotopic (exact) mass is 848 g/mol. The van der Waals surface area contributed by atoms with Gasteiger partial charge in [-0.3, -0.25) is 9.59 Å². The fraction of sp³-hybridized carbons (Fsp3) is 0.926. The highest BCUT2D eigenvalue weighted by molar-refractivity contribution is 5.77. The van der Waals surface area contributed by atoms with Gasteiger partial charge in [0.15, 0.2) is 0 Å². The van der Waals surface area contributed by atoms with Crippen molar-refractivity contribution >= 4 is 11.9 Å². The van der Waals surface area contributed by atoms with Gasteiger partial charge in [-0.15, -0.1) is 0 Å². The molecule has 0 rings (SSSR count). The van der Waals surface area contributed by atoms with Crippen molar-refractivity contribution in [3.8, 4) is 0 Å². The molecule has 3 atom stereocenters. The summed E-state index contributed by atoms with van der Waals surface area (Å²) in [6.45, 7) is 6.49. The molecule has 0 fully saturated rings.